The Morgan fingerprint density at radius 2 is 1.31 bits per heavy atom. The molecular weight excluding hydrogens is 492 g/mol. The fourth-order valence-electron chi connectivity index (χ4n) is 4.86. The fourth-order valence-corrected chi connectivity index (χ4v) is 8.55. The Bertz CT molecular complexity index is 1400. The molecule has 0 saturated carbocycles. The van der Waals surface area contributed by atoms with E-state index in [9.17, 15) is 4.79 Å². The minimum atomic E-state index is -0.670. The largest absolute Gasteiger partial charge is 0.292 e. The first-order chi connectivity index (χ1) is 17.0. The van der Waals surface area contributed by atoms with E-state index in [2.05, 4.69) is 72.8 Å². The predicted molar refractivity (Wildman–Crippen MR) is 148 cm³/mol. The molecule has 0 fully saturated rings. The van der Waals surface area contributed by atoms with Crippen LogP contribution in [0.3, 0.4) is 0 Å². The Balaban J connectivity index is 1.64. The molecule has 4 aromatic rings. The molecule has 1 spiro atoms. The number of hydrazone groups is 1. The average Bonchev–Trinajstić information content (AvgIpc) is 3.43. The zero-order valence-corrected chi connectivity index (χ0v) is 21.3. The number of rotatable bonds is 4. The molecule has 35 heavy (non-hydrogen) atoms. The van der Waals surface area contributed by atoms with E-state index in [1.165, 1.54) is 28.5 Å². The Morgan fingerprint density at radius 1 is 0.771 bits per heavy atom. The van der Waals surface area contributed by atoms with Gasteiger partial charge in [0.2, 0.25) is 0 Å². The number of halogens is 1. The van der Waals surface area contributed by atoms with Gasteiger partial charge in [-0.3, -0.25) is 4.79 Å². The maximum Gasteiger partial charge on any atom is 0.187 e. The second-order valence-electron chi connectivity index (χ2n) is 8.49. The third-order valence-corrected chi connectivity index (χ3v) is 10.0. The molecule has 0 bridgehead atoms. The summed E-state index contributed by atoms with van der Waals surface area (Å²) < 4.78 is -1.16. The van der Waals surface area contributed by atoms with E-state index in [0.29, 0.717) is 10.1 Å². The number of ketones is 1. The summed E-state index contributed by atoms with van der Waals surface area (Å²) in [7, 11) is 0. The molecule has 3 nitrogen and oxygen atoms in total. The summed E-state index contributed by atoms with van der Waals surface area (Å²) in [6.45, 7) is 1.58. The van der Waals surface area contributed by atoms with E-state index in [0.717, 1.165) is 11.3 Å². The van der Waals surface area contributed by atoms with Crippen molar-refractivity contribution < 1.29 is 4.79 Å². The van der Waals surface area contributed by atoms with Gasteiger partial charge in [0, 0.05) is 17.5 Å². The highest BCUT2D eigenvalue weighted by molar-refractivity contribution is 8.27. The number of carbonyl (C=O) groups excluding carboxylic acids is 1. The molecule has 0 amide bonds. The monoisotopic (exact) mass is 512 g/mol. The van der Waals surface area contributed by atoms with Crippen molar-refractivity contribution in [3.8, 4) is 0 Å². The lowest BCUT2D eigenvalue weighted by atomic mass is 9.82. The van der Waals surface area contributed by atoms with Gasteiger partial charge in [0.15, 0.2) is 15.0 Å². The van der Waals surface area contributed by atoms with Crippen molar-refractivity contribution in [1.29, 1.82) is 0 Å². The van der Waals surface area contributed by atoms with Crippen LogP contribution in [0, 0.1) is 0 Å². The van der Waals surface area contributed by atoms with Crippen LogP contribution in [0.1, 0.15) is 29.2 Å². The van der Waals surface area contributed by atoms with Gasteiger partial charge in [0.25, 0.3) is 0 Å². The van der Waals surface area contributed by atoms with Crippen LogP contribution in [0.5, 0.6) is 0 Å². The molecule has 2 aliphatic heterocycles. The highest BCUT2D eigenvalue weighted by Crippen LogP contribution is 2.70. The molecule has 6 heteroatoms. The topological polar surface area (TPSA) is 32.7 Å². The lowest BCUT2D eigenvalue weighted by Crippen LogP contribution is -2.34. The molecule has 2 aliphatic rings. The second kappa shape index (κ2) is 8.59. The minimum Gasteiger partial charge on any atom is -0.292 e. The lowest BCUT2D eigenvalue weighted by Gasteiger charge is -2.37. The van der Waals surface area contributed by atoms with E-state index >= 15 is 0 Å². The molecule has 0 aliphatic carbocycles. The van der Waals surface area contributed by atoms with Crippen LogP contribution in [0.15, 0.2) is 114 Å². The van der Waals surface area contributed by atoms with Gasteiger partial charge in [-0.05, 0) is 41.0 Å². The number of hydrogen-bond donors (Lipinski definition) is 0. The van der Waals surface area contributed by atoms with E-state index in [-0.39, 0.29) is 5.78 Å². The predicted octanol–water partition coefficient (Wildman–Crippen LogP) is 7.64. The van der Waals surface area contributed by atoms with Crippen LogP contribution in [0.25, 0.3) is 0 Å². The summed E-state index contributed by atoms with van der Waals surface area (Å²) in [6, 6.07) is 37.4. The zero-order chi connectivity index (χ0) is 24.0. The summed E-state index contributed by atoms with van der Waals surface area (Å²) in [6.07, 6.45) is 0. The molecule has 6 rings (SSSR count). The standard InChI is InChI=1S/C29H21ClN2OS2/c1-20(33)27-31-32(24-18-16-23(30)17-19-24)29(34-27)26-15-9-8-14-25(26)28(35-29,21-10-4-2-5-11-21)22-12-6-3-7-13-22/h2-19H,1H3. The van der Waals surface area contributed by atoms with Crippen molar-refractivity contribution >= 4 is 51.6 Å². The average molecular weight is 513 g/mol. The van der Waals surface area contributed by atoms with E-state index in [1.54, 1.807) is 6.92 Å². The molecule has 0 aromatic heterocycles. The normalized spacial score (nSPS) is 20.1. The SMILES string of the molecule is CC(=O)C1=NN(c2ccc(Cl)cc2)C2(S1)SC(c1ccccc1)(c1ccccc1)c1ccccc12. The summed E-state index contributed by atoms with van der Waals surface area (Å²) in [5, 5.41) is 8.04. The number of carbonyl (C=O) groups is 1. The molecular formula is C29H21ClN2OS2. The number of benzene rings is 4. The molecule has 0 N–H and O–H groups in total. The summed E-state index contributed by atoms with van der Waals surface area (Å²) in [5.74, 6) is -0.0409. The van der Waals surface area contributed by atoms with Crippen molar-refractivity contribution in [3.63, 3.8) is 0 Å². The van der Waals surface area contributed by atoms with Crippen LogP contribution in [-0.4, -0.2) is 10.8 Å². The maximum absolute atomic E-state index is 12.6. The van der Waals surface area contributed by atoms with Gasteiger partial charge in [-0.15, -0.1) is 0 Å². The second-order valence-corrected chi connectivity index (χ2v) is 11.8. The fraction of sp³-hybridized carbons (Fsp3) is 0.103. The third-order valence-electron chi connectivity index (χ3n) is 6.38. The number of hydrogen-bond acceptors (Lipinski definition) is 5. The van der Waals surface area contributed by atoms with Gasteiger partial charge in [-0.2, -0.15) is 5.10 Å². The van der Waals surface area contributed by atoms with Crippen molar-refractivity contribution in [2.75, 3.05) is 5.01 Å². The zero-order valence-electron chi connectivity index (χ0n) is 18.9. The van der Waals surface area contributed by atoms with Crippen molar-refractivity contribution in [2.24, 2.45) is 5.10 Å². The summed E-state index contributed by atoms with van der Waals surface area (Å²) >= 11 is 9.56. The van der Waals surface area contributed by atoms with Crippen LogP contribution < -0.4 is 5.01 Å². The number of fused-ring (bicyclic) bond motifs is 2. The quantitative estimate of drug-likeness (QED) is 0.281. The highest BCUT2D eigenvalue weighted by atomic mass is 35.5. The van der Waals surface area contributed by atoms with Crippen molar-refractivity contribution in [1.82, 2.24) is 0 Å². The van der Waals surface area contributed by atoms with Gasteiger partial charge in [0.1, 0.15) is 0 Å². The first-order valence-electron chi connectivity index (χ1n) is 11.3. The molecule has 172 valence electrons. The van der Waals surface area contributed by atoms with Gasteiger partial charge < -0.3 is 0 Å². The number of Topliss-reactive ketones (excluding diaryl/α,β-unsaturated/α-hetero) is 1. The molecule has 0 radical (unpaired) electrons. The van der Waals surface area contributed by atoms with Crippen LogP contribution in [0.2, 0.25) is 5.02 Å². The van der Waals surface area contributed by atoms with Gasteiger partial charge >= 0.3 is 0 Å². The number of nitrogens with zero attached hydrogens (tertiary/aromatic N) is 2. The first kappa shape index (κ1) is 22.5. The maximum atomic E-state index is 12.6. The smallest absolute Gasteiger partial charge is 0.187 e. The number of anilines is 1. The summed E-state index contributed by atoms with van der Waals surface area (Å²) in [5.41, 5.74) is 5.60. The van der Waals surface area contributed by atoms with Gasteiger partial charge in [-0.1, -0.05) is 120 Å². The molecule has 2 heterocycles. The van der Waals surface area contributed by atoms with E-state index in [1.807, 2.05) is 53.2 Å². The van der Waals surface area contributed by atoms with Gasteiger partial charge in [-0.25, -0.2) is 5.01 Å². The number of thioether (sulfide) groups is 2. The van der Waals surface area contributed by atoms with E-state index < -0.39 is 8.95 Å². The lowest BCUT2D eigenvalue weighted by molar-refractivity contribution is -0.110. The Morgan fingerprint density at radius 3 is 1.89 bits per heavy atom. The molecule has 0 saturated heterocycles. The van der Waals surface area contributed by atoms with Crippen LogP contribution in [-0.2, 0) is 13.7 Å². The minimum absolute atomic E-state index is 0.0409. The van der Waals surface area contributed by atoms with E-state index in [4.69, 9.17) is 16.7 Å². The third kappa shape index (κ3) is 3.45. The van der Waals surface area contributed by atoms with Crippen molar-refractivity contribution in [3.05, 3.63) is 136 Å². The van der Waals surface area contributed by atoms with Crippen LogP contribution >= 0.6 is 35.1 Å². The molecule has 1 unspecified atom stereocenters. The summed E-state index contributed by atoms with van der Waals surface area (Å²) in [4.78, 5) is 12.6. The van der Waals surface area contributed by atoms with Gasteiger partial charge in [0.05, 0.1) is 10.4 Å². The van der Waals surface area contributed by atoms with Crippen molar-refractivity contribution in [2.45, 2.75) is 15.9 Å². The Labute approximate surface area is 218 Å². The Kier molecular flexibility index (Phi) is 5.52. The van der Waals surface area contributed by atoms with Crippen LogP contribution in [0.4, 0.5) is 5.69 Å². The highest BCUT2D eigenvalue weighted by Gasteiger charge is 2.61. The first-order valence-corrected chi connectivity index (χ1v) is 13.3. The molecule has 1 atom stereocenters. The Hall–Kier alpha value is -2.99. The molecule has 4 aromatic carbocycles.